The van der Waals surface area contributed by atoms with Crippen LogP contribution in [0.15, 0.2) is 18.2 Å². The van der Waals surface area contributed by atoms with Gasteiger partial charge in [-0.15, -0.1) is 0 Å². The molecule has 0 spiro atoms. The van der Waals surface area contributed by atoms with E-state index in [2.05, 4.69) is 12.2 Å². The van der Waals surface area contributed by atoms with Gasteiger partial charge in [0.1, 0.15) is 13.2 Å². The van der Waals surface area contributed by atoms with Crippen molar-refractivity contribution in [3.8, 4) is 11.5 Å². The molecule has 4 heteroatoms. The van der Waals surface area contributed by atoms with Crippen molar-refractivity contribution >= 4 is 5.91 Å². The Labute approximate surface area is 119 Å². The van der Waals surface area contributed by atoms with Crippen molar-refractivity contribution in [3.63, 3.8) is 0 Å². The fourth-order valence-electron chi connectivity index (χ4n) is 2.84. The second-order valence-electron chi connectivity index (χ2n) is 5.76. The van der Waals surface area contributed by atoms with E-state index in [1.807, 2.05) is 12.1 Å². The molecule has 1 saturated carbocycles. The van der Waals surface area contributed by atoms with Gasteiger partial charge < -0.3 is 14.8 Å². The van der Waals surface area contributed by atoms with Crippen molar-refractivity contribution < 1.29 is 14.3 Å². The zero-order chi connectivity index (χ0) is 14.0. The van der Waals surface area contributed by atoms with E-state index in [1.54, 1.807) is 6.07 Å². The number of ether oxygens (including phenoxy) is 2. The number of hydrogen-bond donors (Lipinski definition) is 1. The quantitative estimate of drug-likeness (QED) is 0.899. The molecule has 0 saturated heterocycles. The maximum absolute atomic E-state index is 12.3. The summed E-state index contributed by atoms with van der Waals surface area (Å²) in [6.07, 6.45) is 4.83. The molecule has 3 rings (SSSR count). The Morgan fingerprint density at radius 2 is 2.10 bits per heavy atom. The molecule has 1 aliphatic heterocycles. The Bertz CT molecular complexity index is 508. The van der Waals surface area contributed by atoms with E-state index in [0.29, 0.717) is 35.7 Å². The molecule has 108 valence electrons. The molecule has 0 unspecified atom stereocenters. The number of fused-ring (bicyclic) bond motifs is 1. The number of carbonyl (C=O) groups excluding carboxylic acids is 1. The third kappa shape index (κ3) is 2.60. The lowest BCUT2D eigenvalue weighted by atomic mass is 10.0. The highest BCUT2D eigenvalue weighted by Crippen LogP contribution is 2.49. The first-order valence-electron chi connectivity index (χ1n) is 7.41. The van der Waals surface area contributed by atoms with E-state index in [4.69, 9.17) is 9.47 Å². The molecule has 1 amide bonds. The third-order valence-electron chi connectivity index (χ3n) is 4.17. The Hall–Kier alpha value is -1.71. The van der Waals surface area contributed by atoms with E-state index < -0.39 is 0 Å². The van der Waals surface area contributed by atoms with Gasteiger partial charge in [0.25, 0.3) is 5.91 Å². The standard InChI is InChI=1S/C16H21NO3/c1-2-6-16(7-8-16)11-17-15(18)12-4-3-5-13-14(12)20-10-9-19-13/h3-5H,2,6-11H2,1H3,(H,17,18). The van der Waals surface area contributed by atoms with Crippen LogP contribution >= 0.6 is 0 Å². The zero-order valence-corrected chi connectivity index (χ0v) is 11.9. The number of amides is 1. The van der Waals surface area contributed by atoms with Gasteiger partial charge >= 0.3 is 0 Å². The molecule has 20 heavy (non-hydrogen) atoms. The number of para-hydroxylation sites is 1. The maximum atomic E-state index is 12.3. The van der Waals surface area contributed by atoms with Crippen LogP contribution in [-0.2, 0) is 0 Å². The van der Waals surface area contributed by atoms with E-state index in [-0.39, 0.29) is 5.91 Å². The predicted octanol–water partition coefficient (Wildman–Crippen LogP) is 2.77. The van der Waals surface area contributed by atoms with Gasteiger partial charge in [-0.05, 0) is 36.8 Å². The van der Waals surface area contributed by atoms with Gasteiger partial charge in [0.2, 0.25) is 0 Å². The van der Waals surface area contributed by atoms with Gasteiger partial charge in [-0.3, -0.25) is 4.79 Å². The Balaban J connectivity index is 1.68. The first-order chi connectivity index (χ1) is 9.74. The average molecular weight is 275 g/mol. The van der Waals surface area contributed by atoms with Gasteiger partial charge in [-0.1, -0.05) is 19.4 Å². The smallest absolute Gasteiger partial charge is 0.255 e. The minimum atomic E-state index is -0.0604. The monoisotopic (exact) mass is 275 g/mol. The second kappa shape index (κ2) is 5.35. The number of benzene rings is 1. The van der Waals surface area contributed by atoms with Crippen molar-refractivity contribution in [1.82, 2.24) is 5.32 Å². The molecular formula is C16H21NO3. The Morgan fingerprint density at radius 3 is 2.85 bits per heavy atom. The molecule has 4 nitrogen and oxygen atoms in total. The number of rotatable bonds is 5. The lowest BCUT2D eigenvalue weighted by Crippen LogP contribution is -2.31. The summed E-state index contributed by atoms with van der Waals surface area (Å²) < 4.78 is 11.1. The molecule has 1 fully saturated rings. The van der Waals surface area contributed by atoms with Crippen LogP contribution in [-0.4, -0.2) is 25.7 Å². The second-order valence-corrected chi connectivity index (χ2v) is 5.76. The highest BCUT2D eigenvalue weighted by atomic mass is 16.6. The van der Waals surface area contributed by atoms with Crippen LogP contribution in [0.25, 0.3) is 0 Å². The van der Waals surface area contributed by atoms with E-state index in [1.165, 1.54) is 25.7 Å². The fourth-order valence-corrected chi connectivity index (χ4v) is 2.84. The van der Waals surface area contributed by atoms with Crippen molar-refractivity contribution in [3.05, 3.63) is 23.8 Å². The summed E-state index contributed by atoms with van der Waals surface area (Å²) in [4.78, 5) is 12.3. The van der Waals surface area contributed by atoms with Crippen LogP contribution in [0.4, 0.5) is 0 Å². The number of hydrogen-bond acceptors (Lipinski definition) is 3. The molecule has 0 radical (unpaired) electrons. The number of nitrogens with one attached hydrogen (secondary N) is 1. The van der Waals surface area contributed by atoms with Crippen LogP contribution in [0.5, 0.6) is 11.5 Å². The SMILES string of the molecule is CCCC1(CNC(=O)c2cccc3c2OCCO3)CC1. The summed E-state index contributed by atoms with van der Waals surface area (Å²) in [7, 11) is 0. The molecule has 2 aliphatic rings. The van der Waals surface area contributed by atoms with Gasteiger partial charge in [0.15, 0.2) is 11.5 Å². The average Bonchev–Trinajstić information content (AvgIpc) is 3.25. The summed E-state index contributed by atoms with van der Waals surface area (Å²) in [5.74, 6) is 1.19. The molecule has 1 aromatic rings. The summed E-state index contributed by atoms with van der Waals surface area (Å²) in [5, 5.41) is 3.06. The molecule has 0 atom stereocenters. The van der Waals surface area contributed by atoms with Gasteiger partial charge in [0.05, 0.1) is 5.56 Å². The van der Waals surface area contributed by atoms with E-state index in [9.17, 15) is 4.79 Å². The molecule has 1 N–H and O–H groups in total. The Morgan fingerprint density at radius 1 is 1.30 bits per heavy atom. The lowest BCUT2D eigenvalue weighted by Gasteiger charge is -2.21. The molecule has 0 aromatic heterocycles. The number of carbonyl (C=O) groups is 1. The highest BCUT2D eigenvalue weighted by Gasteiger charge is 2.41. The van der Waals surface area contributed by atoms with Crippen LogP contribution in [0, 0.1) is 5.41 Å². The van der Waals surface area contributed by atoms with Crippen molar-refractivity contribution in [2.45, 2.75) is 32.6 Å². The Kier molecular flexibility index (Phi) is 3.55. The third-order valence-corrected chi connectivity index (χ3v) is 4.17. The summed E-state index contributed by atoms with van der Waals surface area (Å²) in [6.45, 7) is 4.00. The zero-order valence-electron chi connectivity index (χ0n) is 11.9. The van der Waals surface area contributed by atoms with Crippen molar-refractivity contribution in [2.24, 2.45) is 5.41 Å². The minimum absolute atomic E-state index is 0.0604. The molecule has 1 aliphatic carbocycles. The summed E-state index contributed by atoms with van der Waals surface area (Å²) in [5.41, 5.74) is 0.936. The topological polar surface area (TPSA) is 47.6 Å². The van der Waals surface area contributed by atoms with Gasteiger partial charge in [-0.2, -0.15) is 0 Å². The van der Waals surface area contributed by atoms with Crippen LogP contribution in [0.2, 0.25) is 0 Å². The molecule has 1 aromatic carbocycles. The maximum Gasteiger partial charge on any atom is 0.255 e. The first-order valence-corrected chi connectivity index (χ1v) is 7.41. The van der Waals surface area contributed by atoms with E-state index >= 15 is 0 Å². The van der Waals surface area contributed by atoms with Crippen molar-refractivity contribution in [2.75, 3.05) is 19.8 Å². The van der Waals surface area contributed by atoms with Crippen LogP contribution in [0.3, 0.4) is 0 Å². The molecular weight excluding hydrogens is 254 g/mol. The fraction of sp³-hybridized carbons (Fsp3) is 0.562. The normalized spacial score (nSPS) is 18.4. The summed E-state index contributed by atoms with van der Waals surface area (Å²) in [6, 6.07) is 5.47. The van der Waals surface area contributed by atoms with Crippen molar-refractivity contribution in [1.29, 1.82) is 0 Å². The summed E-state index contributed by atoms with van der Waals surface area (Å²) >= 11 is 0. The predicted molar refractivity (Wildman–Crippen MR) is 76.3 cm³/mol. The van der Waals surface area contributed by atoms with E-state index in [0.717, 1.165) is 6.54 Å². The molecule has 1 heterocycles. The van der Waals surface area contributed by atoms with Crippen LogP contribution in [0.1, 0.15) is 43.0 Å². The lowest BCUT2D eigenvalue weighted by molar-refractivity contribution is 0.0932. The minimum Gasteiger partial charge on any atom is -0.486 e. The first kappa shape index (κ1) is 13.3. The van der Waals surface area contributed by atoms with Gasteiger partial charge in [0, 0.05) is 6.54 Å². The van der Waals surface area contributed by atoms with Crippen LogP contribution < -0.4 is 14.8 Å². The molecule has 0 bridgehead atoms. The largest absolute Gasteiger partial charge is 0.486 e. The van der Waals surface area contributed by atoms with Gasteiger partial charge in [-0.25, -0.2) is 0 Å². The highest BCUT2D eigenvalue weighted by molar-refractivity contribution is 5.97.